The standard InChI is InChI=1S/C26H28ClN3O5/c1-13(2)22-20-21(26(29-22)16-12-15(27)6-7-17(16)28-25(26)33)24(32)30(23(20)31)10-9-14-5-8-18(34-3)19(11-14)35-4/h5-8,11-13,20-22,29H,9-10H2,1-4H3,(H,28,33)/t20-,21-,22-,26+/m0/s1. The van der Waals surface area contributed by atoms with Crippen LogP contribution in [0, 0.1) is 17.8 Å². The summed E-state index contributed by atoms with van der Waals surface area (Å²) in [6, 6.07) is 10.3. The molecule has 0 radical (unpaired) electrons. The minimum atomic E-state index is -1.33. The molecule has 2 saturated heterocycles. The maximum atomic E-state index is 13.8. The summed E-state index contributed by atoms with van der Waals surface area (Å²) in [6.07, 6.45) is 0.457. The lowest BCUT2D eigenvalue weighted by atomic mass is 9.76. The molecule has 9 heteroatoms. The zero-order chi connectivity index (χ0) is 25.1. The van der Waals surface area contributed by atoms with E-state index in [0.717, 1.165) is 5.56 Å². The Kier molecular flexibility index (Phi) is 5.76. The minimum absolute atomic E-state index is 0.0282. The van der Waals surface area contributed by atoms with E-state index in [2.05, 4.69) is 10.6 Å². The highest BCUT2D eigenvalue weighted by Crippen LogP contribution is 2.54. The van der Waals surface area contributed by atoms with Crippen molar-refractivity contribution in [1.29, 1.82) is 0 Å². The molecule has 2 fully saturated rings. The number of hydrogen-bond donors (Lipinski definition) is 2. The fraction of sp³-hybridized carbons (Fsp3) is 0.423. The van der Waals surface area contributed by atoms with Crippen molar-refractivity contribution in [1.82, 2.24) is 10.2 Å². The van der Waals surface area contributed by atoms with Crippen molar-refractivity contribution < 1.29 is 23.9 Å². The van der Waals surface area contributed by atoms with E-state index in [1.165, 1.54) is 4.90 Å². The first-order valence-corrected chi connectivity index (χ1v) is 12.1. The second-order valence-corrected chi connectivity index (χ2v) is 10.1. The van der Waals surface area contributed by atoms with Gasteiger partial charge in [0, 0.05) is 28.9 Å². The van der Waals surface area contributed by atoms with Crippen LogP contribution in [-0.4, -0.2) is 49.4 Å². The maximum absolute atomic E-state index is 13.8. The van der Waals surface area contributed by atoms with Gasteiger partial charge < -0.3 is 14.8 Å². The first-order chi connectivity index (χ1) is 16.7. The van der Waals surface area contributed by atoms with Crippen molar-refractivity contribution in [2.24, 2.45) is 17.8 Å². The molecule has 35 heavy (non-hydrogen) atoms. The largest absolute Gasteiger partial charge is 0.493 e. The van der Waals surface area contributed by atoms with Crippen molar-refractivity contribution in [3.05, 3.63) is 52.5 Å². The molecule has 2 aromatic rings. The quantitative estimate of drug-likeness (QED) is 0.596. The van der Waals surface area contributed by atoms with Crippen molar-refractivity contribution in [2.45, 2.75) is 31.8 Å². The molecule has 3 aliphatic rings. The van der Waals surface area contributed by atoms with E-state index in [1.807, 2.05) is 26.0 Å². The molecule has 0 saturated carbocycles. The molecule has 2 N–H and O–H groups in total. The van der Waals surface area contributed by atoms with Gasteiger partial charge in [-0.1, -0.05) is 31.5 Å². The molecule has 3 amide bonds. The van der Waals surface area contributed by atoms with Gasteiger partial charge in [-0.05, 0) is 48.2 Å². The number of imide groups is 1. The van der Waals surface area contributed by atoms with Crippen LogP contribution >= 0.6 is 11.6 Å². The van der Waals surface area contributed by atoms with Crippen molar-refractivity contribution in [2.75, 3.05) is 26.1 Å². The average Bonchev–Trinajstić information content (AvgIpc) is 3.43. The van der Waals surface area contributed by atoms with Crippen LogP contribution < -0.4 is 20.1 Å². The molecule has 5 rings (SSSR count). The number of anilines is 1. The molecular formula is C26H28ClN3O5. The fourth-order valence-electron chi connectivity index (χ4n) is 5.84. The van der Waals surface area contributed by atoms with Crippen LogP contribution in [0.3, 0.4) is 0 Å². The Balaban J connectivity index is 1.49. The Bertz CT molecular complexity index is 1230. The van der Waals surface area contributed by atoms with E-state index in [4.69, 9.17) is 21.1 Å². The number of carbonyl (C=O) groups excluding carboxylic acids is 3. The Labute approximate surface area is 208 Å². The Morgan fingerprint density at radius 2 is 1.77 bits per heavy atom. The summed E-state index contributed by atoms with van der Waals surface area (Å²) in [6.45, 7) is 4.19. The van der Waals surface area contributed by atoms with Gasteiger partial charge in [-0.3, -0.25) is 24.6 Å². The molecule has 2 aromatic carbocycles. The van der Waals surface area contributed by atoms with E-state index >= 15 is 0 Å². The normalized spacial score (nSPS) is 27.0. The van der Waals surface area contributed by atoms with Gasteiger partial charge in [-0.2, -0.15) is 0 Å². The van der Waals surface area contributed by atoms with Gasteiger partial charge in [0.05, 0.1) is 26.1 Å². The first-order valence-electron chi connectivity index (χ1n) is 11.7. The summed E-state index contributed by atoms with van der Waals surface area (Å²) in [5.74, 6) is -1.16. The molecule has 1 spiro atoms. The number of hydrogen-bond acceptors (Lipinski definition) is 6. The molecule has 3 heterocycles. The number of halogens is 1. The van der Waals surface area contributed by atoms with Gasteiger partial charge in [0.15, 0.2) is 11.5 Å². The zero-order valence-corrected chi connectivity index (χ0v) is 20.8. The van der Waals surface area contributed by atoms with Crippen molar-refractivity contribution >= 4 is 35.0 Å². The predicted molar refractivity (Wildman–Crippen MR) is 130 cm³/mol. The third kappa shape index (κ3) is 3.42. The number of methoxy groups -OCH3 is 2. The lowest BCUT2D eigenvalue weighted by Crippen LogP contribution is -2.54. The Hall–Kier alpha value is -3.10. The number of benzene rings is 2. The van der Waals surface area contributed by atoms with Crippen LogP contribution in [0.5, 0.6) is 11.5 Å². The lowest BCUT2D eigenvalue weighted by molar-refractivity contribution is -0.142. The van der Waals surface area contributed by atoms with Crippen LogP contribution in [0.2, 0.25) is 5.02 Å². The van der Waals surface area contributed by atoms with Crippen LogP contribution in [0.25, 0.3) is 0 Å². The monoisotopic (exact) mass is 497 g/mol. The van der Waals surface area contributed by atoms with Gasteiger partial charge >= 0.3 is 0 Å². The number of rotatable bonds is 6. The molecule has 184 valence electrons. The van der Waals surface area contributed by atoms with Gasteiger partial charge in [0.1, 0.15) is 5.54 Å². The second kappa shape index (κ2) is 8.53. The number of amides is 3. The lowest BCUT2D eigenvalue weighted by Gasteiger charge is -2.30. The van der Waals surface area contributed by atoms with E-state index in [1.54, 1.807) is 38.5 Å². The van der Waals surface area contributed by atoms with E-state index in [0.29, 0.717) is 34.2 Å². The Morgan fingerprint density at radius 3 is 2.46 bits per heavy atom. The summed E-state index contributed by atoms with van der Waals surface area (Å²) >= 11 is 6.28. The zero-order valence-electron chi connectivity index (χ0n) is 20.1. The van der Waals surface area contributed by atoms with Crippen LogP contribution in [0.1, 0.15) is 25.0 Å². The van der Waals surface area contributed by atoms with Crippen molar-refractivity contribution in [3.8, 4) is 11.5 Å². The summed E-state index contributed by atoms with van der Waals surface area (Å²) in [7, 11) is 3.13. The van der Waals surface area contributed by atoms with E-state index < -0.39 is 17.4 Å². The predicted octanol–water partition coefficient (Wildman–Crippen LogP) is 2.98. The van der Waals surface area contributed by atoms with Crippen LogP contribution in [-0.2, 0) is 26.3 Å². The Morgan fingerprint density at radius 1 is 1.03 bits per heavy atom. The molecule has 0 unspecified atom stereocenters. The topological polar surface area (TPSA) is 97.0 Å². The molecule has 0 aromatic heterocycles. The minimum Gasteiger partial charge on any atom is -0.493 e. The van der Waals surface area contributed by atoms with E-state index in [9.17, 15) is 14.4 Å². The third-order valence-corrected chi connectivity index (χ3v) is 7.73. The van der Waals surface area contributed by atoms with E-state index in [-0.39, 0.29) is 36.2 Å². The number of likely N-dealkylation sites (tertiary alicyclic amines) is 1. The van der Waals surface area contributed by atoms with Gasteiger partial charge in [-0.15, -0.1) is 0 Å². The molecule has 3 aliphatic heterocycles. The molecule has 0 aliphatic carbocycles. The van der Waals surface area contributed by atoms with Crippen LogP contribution in [0.15, 0.2) is 36.4 Å². The second-order valence-electron chi connectivity index (χ2n) is 9.64. The highest BCUT2D eigenvalue weighted by molar-refractivity contribution is 6.31. The average molecular weight is 498 g/mol. The number of carbonyl (C=O) groups is 3. The number of nitrogens with zero attached hydrogens (tertiary/aromatic N) is 1. The molecule has 8 nitrogen and oxygen atoms in total. The summed E-state index contributed by atoms with van der Waals surface area (Å²) in [5, 5.41) is 6.77. The van der Waals surface area contributed by atoms with Gasteiger partial charge in [0.2, 0.25) is 17.7 Å². The SMILES string of the molecule is COc1ccc(CCN2C(=O)[C@H]3[C@@H](C2=O)[C@@]2(N[C@H]3C(C)C)C(=O)Nc3ccc(Cl)cc32)cc1OC. The number of nitrogens with one attached hydrogen (secondary N) is 2. The molecule has 4 atom stereocenters. The first kappa shape index (κ1) is 23.6. The highest BCUT2D eigenvalue weighted by atomic mass is 35.5. The highest BCUT2D eigenvalue weighted by Gasteiger charge is 2.70. The summed E-state index contributed by atoms with van der Waals surface area (Å²) < 4.78 is 10.7. The van der Waals surface area contributed by atoms with Crippen LogP contribution in [0.4, 0.5) is 5.69 Å². The third-order valence-electron chi connectivity index (χ3n) is 7.49. The van der Waals surface area contributed by atoms with Gasteiger partial charge in [-0.25, -0.2) is 0 Å². The number of fused-ring (bicyclic) bond motifs is 4. The summed E-state index contributed by atoms with van der Waals surface area (Å²) in [4.78, 5) is 42.2. The maximum Gasteiger partial charge on any atom is 0.250 e. The van der Waals surface area contributed by atoms with Gasteiger partial charge in [0.25, 0.3) is 0 Å². The van der Waals surface area contributed by atoms with Crippen molar-refractivity contribution in [3.63, 3.8) is 0 Å². The molecular weight excluding hydrogens is 470 g/mol. The summed E-state index contributed by atoms with van der Waals surface area (Å²) in [5.41, 5.74) is 0.810. The number of ether oxygens (including phenoxy) is 2. The smallest absolute Gasteiger partial charge is 0.250 e. The molecule has 0 bridgehead atoms. The fourth-order valence-corrected chi connectivity index (χ4v) is 6.01.